The minimum atomic E-state index is -3.51. The molecule has 3 aromatic rings. The molecule has 200 valence electrons. The number of aliphatic hydroxyl groups excluding tert-OH is 1. The minimum Gasteiger partial charge on any atom is -0.390 e. The van der Waals surface area contributed by atoms with Crippen LogP contribution < -0.4 is 11.1 Å². The van der Waals surface area contributed by atoms with Crippen molar-refractivity contribution in [1.82, 2.24) is 14.7 Å². The van der Waals surface area contributed by atoms with Crippen LogP contribution in [-0.2, 0) is 10.7 Å². The van der Waals surface area contributed by atoms with Crippen LogP contribution in [0.2, 0.25) is 0 Å². The van der Waals surface area contributed by atoms with Gasteiger partial charge in [-0.25, -0.2) is 18.3 Å². The summed E-state index contributed by atoms with van der Waals surface area (Å²) >= 11 is 0. The highest BCUT2D eigenvalue weighted by atomic mass is 19.3. The molecule has 4 rings (SSSR count). The van der Waals surface area contributed by atoms with Crippen molar-refractivity contribution >= 4 is 11.8 Å². The van der Waals surface area contributed by atoms with Crippen LogP contribution in [0.4, 0.5) is 28.2 Å². The average Bonchev–Trinajstić information content (AvgIpc) is 3.53. The van der Waals surface area contributed by atoms with E-state index in [1.54, 1.807) is 43.5 Å². The number of aliphatic hydroxyl groups is 1. The van der Waals surface area contributed by atoms with Gasteiger partial charge in [0.25, 0.3) is 0 Å². The SMILES string of the molecule is COCCN1CCC(c2ccc(F)c(F)c2)C1.NC(=O)Nc1cc(C(F)(F)CO)nn1-c1ccccc1. The molecule has 37 heavy (non-hydrogen) atoms. The predicted octanol–water partition coefficient (Wildman–Crippen LogP) is 3.85. The van der Waals surface area contributed by atoms with Crippen LogP contribution in [0.3, 0.4) is 0 Å². The summed E-state index contributed by atoms with van der Waals surface area (Å²) < 4.78 is 59.0. The highest BCUT2D eigenvalue weighted by Crippen LogP contribution is 2.30. The number of alkyl halides is 2. The molecule has 12 heteroatoms. The molecule has 1 aromatic heterocycles. The van der Waals surface area contributed by atoms with Gasteiger partial charge in [0, 0.05) is 26.3 Å². The van der Waals surface area contributed by atoms with Crippen LogP contribution in [0.25, 0.3) is 5.69 Å². The van der Waals surface area contributed by atoms with Crippen LogP contribution in [0.5, 0.6) is 0 Å². The van der Waals surface area contributed by atoms with E-state index in [1.165, 1.54) is 12.1 Å². The highest BCUT2D eigenvalue weighted by molar-refractivity contribution is 5.87. The zero-order valence-corrected chi connectivity index (χ0v) is 20.2. The average molecular weight is 524 g/mol. The molecule has 0 radical (unpaired) electrons. The van der Waals surface area contributed by atoms with Crippen LogP contribution in [-0.4, -0.2) is 65.8 Å². The van der Waals surface area contributed by atoms with Crippen molar-refractivity contribution in [3.63, 3.8) is 0 Å². The Labute approximate surface area is 211 Å². The number of benzene rings is 2. The molecule has 1 aliphatic heterocycles. The van der Waals surface area contributed by atoms with E-state index in [9.17, 15) is 22.4 Å². The lowest BCUT2D eigenvalue weighted by molar-refractivity contribution is -0.0594. The van der Waals surface area contributed by atoms with E-state index < -0.39 is 35.9 Å². The smallest absolute Gasteiger partial charge is 0.317 e. The number of hydrogen-bond acceptors (Lipinski definition) is 5. The molecule has 2 aromatic carbocycles. The van der Waals surface area contributed by atoms with E-state index in [4.69, 9.17) is 15.6 Å². The quantitative estimate of drug-likeness (QED) is 0.389. The van der Waals surface area contributed by atoms with Crippen LogP contribution in [0.1, 0.15) is 23.6 Å². The van der Waals surface area contributed by atoms with Gasteiger partial charge in [-0.1, -0.05) is 24.3 Å². The van der Waals surface area contributed by atoms with Crippen molar-refractivity contribution in [3.8, 4) is 5.69 Å². The molecular weight excluding hydrogens is 494 g/mol. The van der Waals surface area contributed by atoms with Gasteiger partial charge in [0.05, 0.1) is 12.3 Å². The van der Waals surface area contributed by atoms with Crippen LogP contribution >= 0.6 is 0 Å². The Morgan fingerprint density at radius 3 is 2.54 bits per heavy atom. The number of likely N-dealkylation sites (tertiary alicyclic amines) is 1. The third-order valence-electron chi connectivity index (χ3n) is 5.83. The second-order valence-corrected chi connectivity index (χ2v) is 8.47. The number of nitrogens with zero attached hydrogens (tertiary/aromatic N) is 3. The van der Waals surface area contributed by atoms with Gasteiger partial charge in [-0.05, 0) is 48.7 Å². The summed E-state index contributed by atoms with van der Waals surface area (Å²) in [4.78, 5) is 13.2. The lowest BCUT2D eigenvalue weighted by atomic mass is 9.98. The molecular formula is C25H29F4N5O3. The fourth-order valence-corrected chi connectivity index (χ4v) is 3.92. The molecule has 1 fully saturated rings. The maximum atomic E-state index is 13.5. The molecule has 0 aliphatic carbocycles. The number of amides is 2. The fraction of sp³-hybridized carbons (Fsp3) is 0.360. The molecule has 1 aliphatic rings. The largest absolute Gasteiger partial charge is 0.390 e. The molecule has 2 heterocycles. The Balaban J connectivity index is 0.000000208. The van der Waals surface area contributed by atoms with Crippen molar-refractivity contribution in [2.45, 2.75) is 18.3 Å². The number of nitrogens with two attached hydrogens (primary N) is 1. The van der Waals surface area contributed by atoms with Gasteiger partial charge in [-0.15, -0.1) is 0 Å². The summed E-state index contributed by atoms with van der Waals surface area (Å²) in [5, 5.41) is 14.6. The molecule has 1 atom stereocenters. The second kappa shape index (κ2) is 12.7. The number of halogens is 4. The molecule has 8 nitrogen and oxygen atoms in total. The Kier molecular flexibility index (Phi) is 9.61. The summed E-state index contributed by atoms with van der Waals surface area (Å²) in [6.07, 6.45) is 0.995. The van der Waals surface area contributed by atoms with Crippen molar-refractivity contribution in [2.24, 2.45) is 5.73 Å². The van der Waals surface area contributed by atoms with E-state index >= 15 is 0 Å². The number of para-hydroxylation sites is 1. The minimum absolute atomic E-state index is 0.00757. The standard InChI is InChI=1S/C13H17F2NO.C12H12F2N4O2/c1-17-7-6-16-5-4-11(9-16)10-2-3-12(14)13(15)8-10;13-12(14,7-19)9-6-10(16-11(15)20)18(17-9)8-4-2-1-3-5-8/h2-3,8,11H,4-7,9H2,1H3;1-6,19H,7H2,(H3,15,16,20). The predicted molar refractivity (Wildman–Crippen MR) is 130 cm³/mol. The van der Waals surface area contributed by atoms with E-state index in [0.717, 1.165) is 42.4 Å². The summed E-state index contributed by atoms with van der Waals surface area (Å²) in [6, 6.07) is 12.7. The number of primary amides is 1. The first-order valence-electron chi connectivity index (χ1n) is 11.5. The summed E-state index contributed by atoms with van der Waals surface area (Å²) in [7, 11) is 1.68. The van der Waals surface area contributed by atoms with E-state index in [2.05, 4.69) is 15.3 Å². The number of carbonyl (C=O) groups is 1. The third-order valence-corrected chi connectivity index (χ3v) is 5.83. The summed E-state index contributed by atoms with van der Waals surface area (Å²) in [6.45, 7) is 2.12. The van der Waals surface area contributed by atoms with Gasteiger partial charge in [-0.2, -0.15) is 13.9 Å². The number of hydrogen-bond donors (Lipinski definition) is 3. The first-order chi connectivity index (χ1) is 17.6. The Bertz CT molecular complexity index is 1180. The van der Waals surface area contributed by atoms with Crippen molar-refractivity contribution in [2.75, 3.05) is 45.3 Å². The number of rotatable bonds is 8. The second-order valence-electron chi connectivity index (χ2n) is 8.47. The van der Waals surface area contributed by atoms with Gasteiger partial charge in [0.1, 0.15) is 18.1 Å². The molecule has 0 saturated carbocycles. The van der Waals surface area contributed by atoms with Gasteiger partial charge >= 0.3 is 12.0 Å². The van der Waals surface area contributed by atoms with E-state index in [1.807, 2.05) is 0 Å². The van der Waals surface area contributed by atoms with Crippen LogP contribution in [0.15, 0.2) is 54.6 Å². The number of ether oxygens (including phenoxy) is 1. The molecule has 1 saturated heterocycles. The number of aromatic nitrogens is 2. The van der Waals surface area contributed by atoms with E-state index in [-0.39, 0.29) is 5.82 Å². The Morgan fingerprint density at radius 2 is 1.92 bits per heavy atom. The number of nitrogens with one attached hydrogen (secondary N) is 1. The topological polar surface area (TPSA) is 106 Å². The van der Waals surface area contributed by atoms with Gasteiger partial charge in [0.2, 0.25) is 0 Å². The molecule has 4 N–H and O–H groups in total. The van der Waals surface area contributed by atoms with Gasteiger partial charge in [0.15, 0.2) is 11.6 Å². The first kappa shape index (κ1) is 28.1. The molecule has 0 spiro atoms. The first-order valence-corrected chi connectivity index (χ1v) is 11.5. The van der Waals surface area contributed by atoms with Gasteiger partial charge in [-0.3, -0.25) is 5.32 Å². The number of carbonyl (C=O) groups excluding carboxylic acids is 1. The van der Waals surface area contributed by atoms with E-state index in [0.29, 0.717) is 18.2 Å². The molecule has 2 amide bonds. The number of urea groups is 1. The molecule has 0 bridgehead atoms. The highest BCUT2D eigenvalue weighted by Gasteiger charge is 2.35. The zero-order chi connectivity index (χ0) is 27.0. The number of methoxy groups -OCH3 is 1. The van der Waals surface area contributed by atoms with Crippen molar-refractivity contribution in [1.29, 1.82) is 0 Å². The Morgan fingerprint density at radius 1 is 1.19 bits per heavy atom. The normalized spacial score (nSPS) is 15.8. The van der Waals surface area contributed by atoms with Gasteiger partial charge < -0.3 is 20.5 Å². The van der Waals surface area contributed by atoms with Crippen LogP contribution in [0, 0.1) is 11.6 Å². The third kappa shape index (κ3) is 7.51. The monoisotopic (exact) mass is 523 g/mol. The van der Waals surface area contributed by atoms with Crippen molar-refractivity contribution < 1.29 is 32.2 Å². The number of anilines is 1. The maximum absolute atomic E-state index is 13.5. The molecule has 1 unspecified atom stereocenters. The van der Waals surface area contributed by atoms with Crippen molar-refractivity contribution in [3.05, 3.63) is 77.5 Å². The summed E-state index contributed by atoms with van der Waals surface area (Å²) in [5.74, 6) is -4.73. The lowest BCUT2D eigenvalue weighted by Crippen LogP contribution is -2.24. The zero-order valence-electron chi connectivity index (χ0n) is 20.2. The fourth-order valence-electron chi connectivity index (χ4n) is 3.92. The summed E-state index contributed by atoms with van der Waals surface area (Å²) in [5.41, 5.74) is 5.70. The lowest BCUT2D eigenvalue weighted by Gasteiger charge is -2.15. The Hall–Kier alpha value is -3.48. The maximum Gasteiger partial charge on any atom is 0.317 e.